The molecule has 1 atom stereocenters. The lowest BCUT2D eigenvalue weighted by molar-refractivity contribution is -0.140. The van der Waals surface area contributed by atoms with Crippen LogP contribution in [0.5, 0.6) is 0 Å². The highest BCUT2D eigenvalue weighted by Crippen LogP contribution is 2.10. The summed E-state index contributed by atoms with van der Waals surface area (Å²) in [4.78, 5) is 27.2. The van der Waals surface area contributed by atoms with Crippen molar-refractivity contribution < 1.29 is 19.2 Å². The smallest absolute Gasteiger partial charge is 0.248 e. The van der Waals surface area contributed by atoms with Gasteiger partial charge in [0.2, 0.25) is 11.8 Å². The van der Waals surface area contributed by atoms with Gasteiger partial charge in [0.1, 0.15) is 0 Å². The van der Waals surface area contributed by atoms with Crippen LogP contribution in [0.2, 0.25) is 0 Å². The van der Waals surface area contributed by atoms with Crippen molar-refractivity contribution in [1.29, 1.82) is 0 Å². The molecule has 1 aliphatic heterocycles. The van der Waals surface area contributed by atoms with E-state index in [2.05, 4.69) is 10.8 Å². The molecule has 1 rings (SSSR count). The van der Waals surface area contributed by atoms with Crippen LogP contribution >= 0.6 is 0 Å². The second kappa shape index (κ2) is 6.36. The molecule has 1 heterocycles. The predicted molar refractivity (Wildman–Crippen MR) is 51.7 cm³/mol. The van der Waals surface area contributed by atoms with Gasteiger partial charge >= 0.3 is 0 Å². The maximum absolute atomic E-state index is 11.4. The fourth-order valence-corrected chi connectivity index (χ4v) is 1.29. The van der Waals surface area contributed by atoms with Gasteiger partial charge in [-0.2, -0.15) is 0 Å². The standard InChI is InChI=1S/C9H16N2O4/c1-14-4-5-15-11-9(13)7-2-3-8(12)10-6-7/h7H,2-6H2,1H3,(H,10,12)(H,11,13). The van der Waals surface area contributed by atoms with Gasteiger partial charge in [0.15, 0.2) is 0 Å². The normalized spacial score (nSPS) is 20.9. The van der Waals surface area contributed by atoms with Crippen LogP contribution in [0.4, 0.5) is 0 Å². The fourth-order valence-electron chi connectivity index (χ4n) is 1.29. The molecule has 0 aromatic heterocycles. The van der Waals surface area contributed by atoms with Gasteiger partial charge in [-0.3, -0.25) is 14.4 Å². The molecule has 2 N–H and O–H groups in total. The molecule has 15 heavy (non-hydrogen) atoms. The van der Waals surface area contributed by atoms with E-state index < -0.39 is 0 Å². The van der Waals surface area contributed by atoms with Crippen LogP contribution in [0.25, 0.3) is 0 Å². The number of piperidine rings is 1. The Morgan fingerprint density at radius 1 is 1.60 bits per heavy atom. The van der Waals surface area contributed by atoms with E-state index in [9.17, 15) is 9.59 Å². The molecule has 2 amide bonds. The van der Waals surface area contributed by atoms with E-state index in [0.717, 1.165) is 0 Å². The van der Waals surface area contributed by atoms with Crippen molar-refractivity contribution >= 4 is 11.8 Å². The third-order valence-corrected chi connectivity index (χ3v) is 2.20. The van der Waals surface area contributed by atoms with E-state index in [4.69, 9.17) is 9.57 Å². The summed E-state index contributed by atoms with van der Waals surface area (Å²) in [6.07, 6.45) is 0.974. The van der Waals surface area contributed by atoms with Gasteiger partial charge in [0, 0.05) is 20.1 Å². The molecule has 0 aromatic rings. The van der Waals surface area contributed by atoms with E-state index in [1.165, 1.54) is 0 Å². The minimum absolute atomic E-state index is 0.000601. The molecule has 1 aliphatic rings. The van der Waals surface area contributed by atoms with Gasteiger partial charge in [-0.25, -0.2) is 5.48 Å². The van der Waals surface area contributed by atoms with E-state index in [0.29, 0.717) is 32.6 Å². The maximum atomic E-state index is 11.4. The van der Waals surface area contributed by atoms with E-state index in [-0.39, 0.29) is 17.7 Å². The minimum atomic E-state index is -0.190. The zero-order valence-electron chi connectivity index (χ0n) is 8.75. The summed E-state index contributed by atoms with van der Waals surface area (Å²) in [5.41, 5.74) is 2.33. The second-order valence-corrected chi connectivity index (χ2v) is 3.35. The van der Waals surface area contributed by atoms with Crippen molar-refractivity contribution in [3.63, 3.8) is 0 Å². The predicted octanol–water partition coefficient (Wildman–Crippen LogP) is -0.793. The van der Waals surface area contributed by atoms with Crippen LogP contribution in [0.1, 0.15) is 12.8 Å². The van der Waals surface area contributed by atoms with E-state index >= 15 is 0 Å². The molecule has 0 aromatic carbocycles. The largest absolute Gasteiger partial charge is 0.382 e. The summed E-state index contributed by atoms with van der Waals surface area (Å²) in [5.74, 6) is -0.379. The van der Waals surface area contributed by atoms with Gasteiger partial charge < -0.3 is 10.1 Å². The first-order chi connectivity index (χ1) is 7.24. The first-order valence-electron chi connectivity index (χ1n) is 4.91. The average Bonchev–Trinajstić information content (AvgIpc) is 2.25. The van der Waals surface area contributed by atoms with Gasteiger partial charge in [-0.05, 0) is 6.42 Å². The van der Waals surface area contributed by atoms with Crippen LogP contribution < -0.4 is 10.8 Å². The van der Waals surface area contributed by atoms with Crippen molar-refractivity contribution in [1.82, 2.24) is 10.8 Å². The zero-order valence-corrected chi connectivity index (χ0v) is 8.75. The Kier molecular flexibility index (Phi) is 5.06. The number of hydroxylamine groups is 1. The van der Waals surface area contributed by atoms with Crippen LogP contribution in [0.15, 0.2) is 0 Å². The Hall–Kier alpha value is -1.14. The lowest BCUT2D eigenvalue weighted by Gasteiger charge is -2.21. The molecular formula is C9H16N2O4. The summed E-state index contributed by atoms with van der Waals surface area (Å²) in [6.45, 7) is 1.14. The van der Waals surface area contributed by atoms with Gasteiger partial charge in [-0.15, -0.1) is 0 Å². The number of carbonyl (C=O) groups excluding carboxylic acids is 2. The maximum Gasteiger partial charge on any atom is 0.248 e. The third kappa shape index (κ3) is 4.26. The Bertz CT molecular complexity index is 222. The molecule has 1 saturated heterocycles. The van der Waals surface area contributed by atoms with Crippen molar-refractivity contribution in [3.05, 3.63) is 0 Å². The highest BCUT2D eigenvalue weighted by molar-refractivity contribution is 5.83. The molecule has 6 nitrogen and oxygen atoms in total. The molecule has 6 heteroatoms. The number of carbonyl (C=O) groups is 2. The Morgan fingerprint density at radius 2 is 2.40 bits per heavy atom. The SMILES string of the molecule is COCCONC(=O)C1CCC(=O)NC1. The van der Waals surface area contributed by atoms with E-state index in [1.54, 1.807) is 7.11 Å². The first-order valence-corrected chi connectivity index (χ1v) is 4.91. The molecule has 86 valence electrons. The first kappa shape index (κ1) is 11.9. The second-order valence-electron chi connectivity index (χ2n) is 3.35. The molecule has 0 saturated carbocycles. The zero-order chi connectivity index (χ0) is 11.1. The number of ether oxygens (including phenoxy) is 1. The number of hydrogen-bond donors (Lipinski definition) is 2. The minimum Gasteiger partial charge on any atom is -0.382 e. The summed E-state index contributed by atoms with van der Waals surface area (Å²) >= 11 is 0. The lowest BCUT2D eigenvalue weighted by Crippen LogP contribution is -2.43. The molecule has 1 fully saturated rings. The molecule has 0 radical (unpaired) electrons. The summed E-state index contributed by atoms with van der Waals surface area (Å²) in [5, 5.41) is 2.63. The highest BCUT2D eigenvalue weighted by Gasteiger charge is 2.24. The van der Waals surface area contributed by atoms with Crippen LogP contribution in [-0.2, 0) is 19.2 Å². The van der Waals surface area contributed by atoms with Crippen molar-refractivity contribution in [3.8, 4) is 0 Å². The number of methoxy groups -OCH3 is 1. The molecule has 0 spiro atoms. The fraction of sp³-hybridized carbons (Fsp3) is 0.778. The van der Waals surface area contributed by atoms with Gasteiger partial charge in [-0.1, -0.05) is 0 Å². The number of hydrogen-bond acceptors (Lipinski definition) is 4. The Morgan fingerprint density at radius 3 is 3.00 bits per heavy atom. The molecule has 1 unspecified atom stereocenters. The van der Waals surface area contributed by atoms with Crippen molar-refractivity contribution in [2.75, 3.05) is 26.9 Å². The summed E-state index contributed by atoms with van der Waals surface area (Å²) in [6, 6.07) is 0. The van der Waals surface area contributed by atoms with Crippen molar-refractivity contribution in [2.24, 2.45) is 5.92 Å². The van der Waals surface area contributed by atoms with Crippen LogP contribution in [0.3, 0.4) is 0 Å². The van der Waals surface area contributed by atoms with Gasteiger partial charge in [0.25, 0.3) is 0 Å². The average molecular weight is 216 g/mol. The van der Waals surface area contributed by atoms with Crippen LogP contribution in [-0.4, -0.2) is 38.7 Å². The monoisotopic (exact) mass is 216 g/mol. The molecule has 0 bridgehead atoms. The quantitative estimate of drug-likeness (QED) is 0.466. The number of rotatable bonds is 5. The van der Waals surface area contributed by atoms with Crippen molar-refractivity contribution in [2.45, 2.75) is 12.8 Å². The van der Waals surface area contributed by atoms with Crippen LogP contribution in [0, 0.1) is 5.92 Å². The topological polar surface area (TPSA) is 76.7 Å². The third-order valence-electron chi connectivity index (χ3n) is 2.20. The molecule has 0 aliphatic carbocycles. The number of nitrogens with one attached hydrogen (secondary N) is 2. The number of amides is 2. The Labute approximate surface area is 88.3 Å². The Balaban J connectivity index is 2.14. The summed E-state index contributed by atoms with van der Waals surface area (Å²) < 4.78 is 4.75. The van der Waals surface area contributed by atoms with E-state index in [1.807, 2.05) is 0 Å². The highest BCUT2D eigenvalue weighted by atomic mass is 16.7. The van der Waals surface area contributed by atoms with Gasteiger partial charge in [0.05, 0.1) is 19.1 Å². The molecular weight excluding hydrogens is 200 g/mol. The summed E-state index contributed by atoms with van der Waals surface area (Å²) in [7, 11) is 1.56. The lowest BCUT2D eigenvalue weighted by atomic mass is 9.99.